The van der Waals surface area contributed by atoms with Crippen LogP contribution in [-0.2, 0) is 41.9 Å². The van der Waals surface area contributed by atoms with Crippen molar-refractivity contribution in [1.82, 2.24) is 0 Å². The molecule has 2 aromatic carbocycles. The molecule has 46 heavy (non-hydrogen) atoms. The first-order valence-corrected chi connectivity index (χ1v) is 19.1. The number of unbranched alkanes of at least 4 members (excludes halogenated alkanes) is 11. The Morgan fingerprint density at radius 2 is 1.24 bits per heavy atom. The maximum Gasteiger partial charge on any atom is 0.310 e. The quantitative estimate of drug-likeness (QED) is 0.0602. The fraction of sp³-hybridized carbons (Fsp3) is 0.590. The van der Waals surface area contributed by atoms with Crippen molar-refractivity contribution in [3.8, 4) is 0 Å². The Hall–Kier alpha value is -2.93. The number of ether oxygens (including phenoxy) is 2. The zero-order valence-electron chi connectivity index (χ0n) is 28.6. The van der Waals surface area contributed by atoms with Gasteiger partial charge in [0, 0.05) is 6.42 Å². The third-order valence-corrected chi connectivity index (χ3v) is 11.0. The van der Waals surface area contributed by atoms with Crippen LogP contribution in [0.15, 0.2) is 72.8 Å². The van der Waals surface area contributed by atoms with Gasteiger partial charge in [0.15, 0.2) is 9.84 Å². The Morgan fingerprint density at radius 1 is 0.717 bits per heavy atom. The van der Waals surface area contributed by atoms with Crippen molar-refractivity contribution in [1.29, 1.82) is 0 Å². The molecule has 7 heteroatoms. The summed E-state index contributed by atoms with van der Waals surface area (Å²) in [6, 6.07) is 18.6. The second kappa shape index (κ2) is 22.6. The van der Waals surface area contributed by atoms with E-state index in [9.17, 15) is 18.0 Å². The summed E-state index contributed by atoms with van der Waals surface area (Å²) >= 11 is 0. The number of hydrogen-bond acceptors (Lipinski definition) is 6. The van der Waals surface area contributed by atoms with Crippen LogP contribution in [0.2, 0.25) is 0 Å². The molecule has 2 aromatic rings. The van der Waals surface area contributed by atoms with Crippen molar-refractivity contribution in [2.45, 2.75) is 128 Å². The smallest absolute Gasteiger partial charge is 0.310 e. The third-order valence-electron chi connectivity index (χ3n) is 8.37. The molecule has 0 heterocycles. The fourth-order valence-electron chi connectivity index (χ4n) is 5.20. The molecule has 6 nitrogen and oxygen atoms in total. The Morgan fingerprint density at radius 3 is 1.83 bits per heavy atom. The molecule has 0 radical (unpaired) electrons. The van der Waals surface area contributed by atoms with Crippen molar-refractivity contribution < 1.29 is 27.5 Å². The number of sulfone groups is 1. The topological polar surface area (TPSA) is 86.7 Å². The van der Waals surface area contributed by atoms with Crippen molar-refractivity contribution in [3.05, 3.63) is 83.9 Å². The van der Waals surface area contributed by atoms with E-state index in [4.69, 9.17) is 9.47 Å². The van der Waals surface area contributed by atoms with E-state index in [1.807, 2.05) is 60.7 Å². The van der Waals surface area contributed by atoms with Crippen LogP contribution in [0, 0.1) is 5.92 Å². The lowest BCUT2D eigenvalue weighted by atomic mass is 10.0. The second-order valence-electron chi connectivity index (χ2n) is 13.0. The zero-order chi connectivity index (χ0) is 33.5. The molecular weight excluding hydrogens is 596 g/mol. The summed E-state index contributed by atoms with van der Waals surface area (Å²) in [5.74, 6) is -2.23. The predicted octanol–water partition coefficient (Wildman–Crippen LogP) is 9.36. The van der Waals surface area contributed by atoms with Crippen LogP contribution in [0.3, 0.4) is 0 Å². The monoisotopic (exact) mass is 654 g/mol. The van der Waals surface area contributed by atoms with Gasteiger partial charge in [-0.1, -0.05) is 131 Å². The van der Waals surface area contributed by atoms with Crippen LogP contribution in [0.1, 0.15) is 122 Å². The molecule has 0 aliphatic rings. The fourth-order valence-corrected chi connectivity index (χ4v) is 6.68. The number of rotatable bonds is 25. The molecule has 0 N–H and O–H groups in total. The number of esters is 2. The van der Waals surface area contributed by atoms with Gasteiger partial charge in [0.2, 0.25) is 0 Å². The van der Waals surface area contributed by atoms with Crippen LogP contribution in [-0.4, -0.2) is 37.5 Å². The van der Waals surface area contributed by atoms with E-state index in [1.54, 1.807) is 13.8 Å². The lowest BCUT2D eigenvalue weighted by Crippen LogP contribution is -2.42. The van der Waals surface area contributed by atoms with E-state index in [-0.39, 0.29) is 32.0 Å². The van der Waals surface area contributed by atoms with Crippen LogP contribution in [0.25, 0.3) is 0 Å². The van der Waals surface area contributed by atoms with Gasteiger partial charge in [-0.2, -0.15) is 0 Å². The van der Waals surface area contributed by atoms with Gasteiger partial charge in [0.25, 0.3) is 0 Å². The summed E-state index contributed by atoms with van der Waals surface area (Å²) in [6.45, 7) is 5.16. The number of benzene rings is 2. The maximum absolute atomic E-state index is 13.5. The minimum atomic E-state index is -3.84. The zero-order valence-corrected chi connectivity index (χ0v) is 29.4. The molecule has 0 fully saturated rings. The van der Waals surface area contributed by atoms with Crippen LogP contribution in [0.4, 0.5) is 0 Å². The number of carbonyl (C=O) groups excluding carboxylic acids is 2. The van der Waals surface area contributed by atoms with Crippen molar-refractivity contribution in [3.63, 3.8) is 0 Å². The van der Waals surface area contributed by atoms with Crippen molar-refractivity contribution in [2.24, 2.45) is 5.92 Å². The minimum absolute atomic E-state index is 0.0718. The van der Waals surface area contributed by atoms with Gasteiger partial charge in [-0.3, -0.25) is 9.59 Å². The highest BCUT2D eigenvalue weighted by Gasteiger charge is 2.39. The molecule has 0 spiro atoms. The maximum atomic E-state index is 13.5. The first-order chi connectivity index (χ1) is 22.1. The van der Waals surface area contributed by atoms with Gasteiger partial charge in [-0.25, -0.2) is 8.42 Å². The Balaban J connectivity index is 1.71. The Kier molecular flexibility index (Phi) is 19.3. The predicted molar refractivity (Wildman–Crippen MR) is 188 cm³/mol. The molecule has 0 saturated carbocycles. The SMILES string of the molecule is CCCCCCCCC=CCCCCCCCC(=O)OCC(C)(C)S(=O)(=O)CC(Cc1ccccc1)C(=O)OCc1ccccc1. The third kappa shape index (κ3) is 16.6. The lowest BCUT2D eigenvalue weighted by Gasteiger charge is -2.27. The average Bonchev–Trinajstić information content (AvgIpc) is 3.05. The summed E-state index contributed by atoms with van der Waals surface area (Å²) in [5.41, 5.74) is 1.68. The van der Waals surface area contributed by atoms with E-state index in [0.29, 0.717) is 0 Å². The second-order valence-corrected chi connectivity index (χ2v) is 15.7. The Labute approximate surface area is 279 Å². The Bertz CT molecular complexity index is 1240. The first kappa shape index (κ1) is 39.2. The highest BCUT2D eigenvalue weighted by atomic mass is 32.2. The van der Waals surface area contributed by atoms with Crippen LogP contribution in [0.5, 0.6) is 0 Å². The average molecular weight is 655 g/mol. The highest BCUT2D eigenvalue weighted by Crippen LogP contribution is 2.24. The molecule has 0 aliphatic carbocycles. The van der Waals surface area contributed by atoms with Gasteiger partial charge in [0.05, 0.1) is 11.7 Å². The largest absolute Gasteiger partial charge is 0.464 e. The molecule has 256 valence electrons. The van der Waals surface area contributed by atoms with Gasteiger partial charge in [-0.15, -0.1) is 0 Å². The summed E-state index contributed by atoms with van der Waals surface area (Å²) in [4.78, 5) is 25.6. The standard InChI is InChI=1S/C39H58O6S/c1-4-5-6-7-8-9-10-11-12-13-14-15-16-17-24-29-37(40)45-33-39(2,3)46(42,43)32-36(30-34-25-20-18-21-26-34)38(41)44-31-35-27-22-19-23-28-35/h11-12,18-23,25-28,36H,4-10,13-17,24,29-33H2,1-3H3. The molecule has 1 atom stereocenters. The lowest BCUT2D eigenvalue weighted by molar-refractivity contribution is -0.149. The van der Waals surface area contributed by atoms with Gasteiger partial charge < -0.3 is 9.47 Å². The molecule has 0 amide bonds. The number of hydrogen-bond donors (Lipinski definition) is 0. The summed E-state index contributed by atoms with van der Waals surface area (Å²) in [5, 5.41) is 0. The molecule has 2 rings (SSSR count). The minimum Gasteiger partial charge on any atom is -0.464 e. The molecule has 0 aromatic heterocycles. The number of carbonyl (C=O) groups is 2. The van der Waals surface area contributed by atoms with Crippen LogP contribution < -0.4 is 0 Å². The number of allylic oxidation sites excluding steroid dienone is 2. The molecule has 1 unspecified atom stereocenters. The van der Waals surface area contributed by atoms with Crippen molar-refractivity contribution >= 4 is 21.8 Å². The van der Waals surface area contributed by atoms with Gasteiger partial charge in [0.1, 0.15) is 18.0 Å². The molecule has 0 saturated heterocycles. The summed E-state index contributed by atoms with van der Waals surface area (Å²) < 4.78 is 36.7. The van der Waals surface area contributed by atoms with E-state index in [1.165, 1.54) is 44.9 Å². The summed E-state index contributed by atoms with van der Waals surface area (Å²) in [7, 11) is -3.84. The highest BCUT2D eigenvalue weighted by molar-refractivity contribution is 7.92. The normalized spacial score (nSPS) is 12.7. The van der Waals surface area contributed by atoms with E-state index < -0.39 is 32.2 Å². The van der Waals surface area contributed by atoms with E-state index in [0.717, 1.165) is 49.7 Å². The van der Waals surface area contributed by atoms with Crippen LogP contribution >= 0.6 is 0 Å². The van der Waals surface area contributed by atoms with Gasteiger partial charge in [-0.05, 0) is 63.5 Å². The molecular formula is C39H58O6S. The molecule has 0 bridgehead atoms. The molecule has 0 aliphatic heterocycles. The van der Waals surface area contributed by atoms with Crippen molar-refractivity contribution in [2.75, 3.05) is 12.4 Å². The van der Waals surface area contributed by atoms with E-state index >= 15 is 0 Å². The first-order valence-electron chi connectivity index (χ1n) is 17.4. The van der Waals surface area contributed by atoms with Gasteiger partial charge >= 0.3 is 11.9 Å². The van der Waals surface area contributed by atoms with E-state index in [2.05, 4.69) is 19.1 Å². The summed E-state index contributed by atoms with van der Waals surface area (Å²) in [6.07, 6.45) is 20.5.